The number of hydrogen-bond acceptors (Lipinski definition) is 2. The number of hydrogen-bond donors (Lipinski definition) is 0. The highest BCUT2D eigenvalue weighted by Gasteiger charge is 2.27. The van der Waals surface area contributed by atoms with Crippen molar-refractivity contribution in [3.63, 3.8) is 0 Å². The third-order valence-electron chi connectivity index (χ3n) is 4.08. The number of ether oxygens (including phenoxy) is 2. The molecule has 3 heteroatoms. The minimum absolute atomic E-state index is 0.725. The van der Waals surface area contributed by atoms with Gasteiger partial charge in [0.15, 0.2) is 0 Å². The van der Waals surface area contributed by atoms with Crippen molar-refractivity contribution < 1.29 is 14.0 Å². The average Bonchev–Trinajstić information content (AvgIpc) is 2.49. The van der Waals surface area contributed by atoms with Crippen molar-refractivity contribution in [2.75, 3.05) is 47.1 Å². The third kappa shape index (κ3) is 7.07. The quantitative estimate of drug-likeness (QED) is 0.583. The van der Waals surface area contributed by atoms with Gasteiger partial charge < -0.3 is 14.0 Å². The van der Waals surface area contributed by atoms with E-state index in [9.17, 15) is 0 Å². The van der Waals surface area contributed by atoms with Crippen LogP contribution in [0.1, 0.15) is 25.8 Å². The van der Waals surface area contributed by atoms with E-state index in [-0.39, 0.29) is 0 Å². The van der Waals surface area contributed by atoms with Gasteiger partial charge in [-0.05, 0) is 12.3 Å². The third-order valence-corrected chi connectivity index (χ3v) is 4.08. The van der Waals surface area contributed by atoms with E-state index in [1.165, 1.54) is 18.5 Å². The summed E-state index contributed by atoms with van der Waals surface area (Å²) in [5.74, 6) is 0.725. The van der Waals surface area contributed by atoms with Crippen molar-refractivity contribution in [3.8, 4) is 0 Å². The first kappa shape index (κ1) is 18.1. The molecule has 120 valence electrons. The van der Waals surface area contributed by atoms with E-state index < -0.39 is 0 Å². The summed E-state index contributed by atoms with van der Waals surface area (Å²) >= 11 is 0. The molecule has 0 bridgehead atoms. The molecule has 0 spiro atoms. The molecule has 1 aromatic rings. The second-order valence-electron chi connectivity index (χ2n) is 6.32. The van der Waals surface area contributed by atoms with Crippen molar-refractivity contribution in [2.45, 2.75) is 26.8 Å². The van der Waals surface area contributed by atoms with Gasteiger partial charge in [0.25, 0.3) is 0 Å². The largest absolute Gasteiger partial charge is 0.379 e. The number of nitrogens with zero attached hydrogens (tertiary/aromatic N) is 1. The number of quaternary nitrogens is 1. The van der Waals surface area contributed by atoms with E-state index in [1.807, 2.05) is 0 Å². The first-order valence-electron chi connectivity index (χ1n) is 7.99. The first-order chi connectivity index (χ1) is 10.1. The normalized spacial score (nSPS) is 12.0. The standard InChI is InChI=1S/C18H32NO2/c1-17(2)10-11-19(12-14-20-3,13-15-21-4)16-18-8-6-5-7-9-18/h5-9,17H,10-16H2,1-4H3/q+1. The highest BCUT2D eigenvalue weighted by Crippen LogP contribution is 2.18. The minimum atomic E-state index is 0.725. The Hall–Kier alpha value is -0.900. The predicted octanol–water partition coefficient (Wildman–Crippen LogP) is 3.34. The van der Waals surface area contributed by atoms with Crippen LogP contribution in [0.2, 0.25) is 0 Å². The molecule has 0 aromatic heterocycles. The molecule has 0 radical (unpaired) electrons. The summed E-state index contributed by atoms with van der Waals surface area (Å²) in [7, 11) is 3.58. The Bertz CT molecular complexity index is 357. The van der Waals surface area contributed by atoms with Crippen LogP contribution < -0.4 is 0 Å². The van der Waals surface area contributed by atoms with E-state index in [0.29, 0.717) is 0 Å². The number of methoxy groups -OCH3 is 2. The maximum atomic E-state index is 5.37. The molecule has 0 unspecified atom stereocenters. The lowest BCUT2D eigenvalue weighted by molar-refractivity contribution is -0.941. The summed E-state index contributed by atoms with van der Waals surface area (Å²) < 4.78 is 11.8. The van der Waals surface area contributed by atoms with Crippen LogP contribution in [-0.2, 0) is 16.0 Å². The van der Waals surface area contributed by atoms with E-state index in [0.717, 1.165) is 43.2 Å². The minimum Gasteiger partial charge on any atom is -0.379 e. The summed E-state index contributed by atoms with van der Waals surface area (Å²) in [5.41, 5.74) is 1.40. The molecule has 0 saturated heterocycles. The van der Waals surface area contributed by atoms with Crippen molar-refractivity contribution in [2.24, 2.45) is 5.92 Å². The van der Waals surface area contributed by atoms with E-state index in [2.05, 4.69) is 44.2 Å². The van der Waals surface area contributed by atoms with Gasteiger partial charge in [0.1, 0.15) is 19.6 Å². The molecule has 0 N–H and O–H groups in total. The lowest BCUT2D eigenvalue weighted by Gasteiger charge is -2.39. The molecule has 0 amide bonds. The summed E-state index contributed by atoms with van der Waals surface area (Å²) in [6, 6.07) is 10.8. The molecule has 0 aliphatic carbocycles. The molecular formula is C18H32NO2+. The van der Waals surface area contributed by atoms with Crippen LogP contribution in [0.15, 0.2) is 30.3 Å². The van der Waals surface area contributed by atoms with Gasteiger partial charge in [0.2, 0.25) is 0 Å². The van der Waals surface area contributed by atoms with Gasteiger partial charge in [-0.25, -0.2) is 0 Å². The van der Waals surface area contributed by atoms with Crippen LogP contribution in [0.25, 0.3) is 0 Å². The summed E-state index contributed by atoms with van der Waals surface area (Å²) in [4.78, 5) is 0. The monoisotopic (exact) mass is 294 g/mol. The van der Waals surface area contributed by atoms with Gasteiger partial charge >= 0.3 is 0 Å². The van der Waals surface area contributed by atoms with Gasteiger partial charge in [-0.15, -0.1) is 0 Å². The Morgan fingerprint density at radius 1 is 0.905 bits per heavy atom. The Morgan fingerprint density at radius 3 is 1.95 bits per heavy atom. The molecule has 3 nitrogen and oxygen atoms in total. The van der Waals surface area contributed by atoms with Gasteiger partial charge in [0.05, 0.1) is 19.8 Å². The maximum absolute atomic E-state index is 5.37. The molecule has 0 heterocycles. The molecule has 0 aliphatic rings. The second kappa shape index (κ2) is 9.93. The Balaban J connectivity index is 2.84. The summed E-state index contributed by atoms with van der Waals surface area (Å²) in [6.45, 7) is 10.5. The first-order valence-corrected chi connectivity index (χ1v) is 7.99. The van der Waals surface area contributed by atoms with Crippen molar-refractivity contribution >= 4 is 0 Å². The molecule has 0 aliphatic heterocycles. The van der Waals surface area contributed by atoms with E-state index in [4.69, 9.17) is 9.47 Å². The van der Waals surface area contributed by atoms with Crippen LogP contribution in [0.5, 0.6) is 0 Å². The van der Waals surface area contributed by atoms with Gasteiger partial charge in [-0.1, -0.05) is 44.2 Å². The topological polar surface area (TPSA) is 18.5 Å². The van der Waals surface area contributed by atoms with Crippen molar-refractivity contribution in [1.82, 2.24) is 0 Å². The van der Waals surface area contributed by atoms with Gasteiger partial charge in [-0.3, -0.25) is 0 Å². The van der Waals surface area contributed by atoms with Crippen LogP contribution in [0.3, 0.4) is 0 Å². The second-order valence-corrected chi connectivity index (χ2v) is 6.32. The zero-order valence-corrected chi connectivity index (χ0v) is 14.2. The lowest BCUT2D eigenvalue weighted by atomic mass is 10.1. The van der Waals surface area contributed by atoms with E-state index >= 15 is 0 Å². The highest BCUT2D eigenvalue weighted by molar-refractivity contribution is 5.13. The number of rotatable bonds is 11. The molecule has 21 heavy (non-hydrogen) atoms. The average molecular weight is 294 g/mol. The molecule has 0 fully saturated rings. The Morgan fingerprint density at radius 2 is 1.48 bits per heavy atom. The van der Waals surface area contributed by atoms with Crippen LogP contribution in [0, 0.1) is 5.92 Å². The van der Waals surface area contributed by atoms with Crippen molar-refractivity contribution in [3.05, 3.63) is 35.9 Å². The maximum Gasteiger partial charge on any atom is 0.104 e. The van der Waals surface area contributed by atoms with Crippen molar-refractivity contribution in [1.29, 1.82) is 0 Å². The molecule has 1 aromatic carbocycles. The summed E-state index contributed by atoms with van der Waals surface area (Å²) in [6.07, 6.45) is 1.24. The SMILES string of the molecule is COCC[N+](CCOC)(CCC(C)C)Cc1ccccc1. The molecular weight excluding hydrogens is 262 g/mol. The lowest BCUT2D eigenvalue weighted by Crippen LogP contribution is -2.52. The fourth-order valence-electron chi connectivity index (χ4n) is 2.65. The fraction of sp³-hybridized carbons (Fsp3) is 0.667. The summed E-state index contributed by atoms with van der Waals surface area (Å²) in [5, 5.41) is 0. The zero-order valence-electron chi connectivity index (χ0n) is 14.2. The number of benzene rings is 1. The smallest absolute Gasteiger partial charge is 0.104 e. The molecule has 1 rings (SSSR count). The van der Waals surface area contributed by atoms with Gasteiger partial charge in [-0.2, -0.15) is 0 Å². The Labute approximate surface area is 130 Å². The zero-order chi connectivity index (χ0) is 15.6. The van der Waals surface area contributed by atoms with Crippen LogP contribution in [0.4, 0.5) is 0 Å². The van der Waals surface area contributed by atoms with Gasteiger partial charge in [0, 0.05) is 19.8 Å². The van der Waals surface area contributed by atoms with Crippen LogP contribution >= 0.6 is 0 Å². The van der Waals surface area contributed by atoms with Crippen LogP contribution in [-0.4, -0.2) is 51.6 Å². The highest BCUT2D eigenvalue weighted by atomic mass is 16.5. The predicted molar refractivity (Wildman–Crippen MR) is 88.2 cm³/mol. The van der Waals surface area contributed by atoms with E-state index in [1.54, 1.807) is 14.2 Å². The molecule has 0 atom stereocenters. The Kier molecular flexibility index (Phi) is 8.58. The fourth-order valence-corrected chi connectivity index (χ4v) is 2.65. The molecule has 0 saturated carbocycles.